The van der Waals surface area contributed by atoms with Crippen molar-refractivity contribution in [2.45, 2.75) is 25.3 Å². The van der Waals surface area contributed by atoms with Gasteiger partial charge in [-0.2, -0.15) is 0 Å². The molecule has 0 aliphatic carbocycles. The van der Waals surface area contributed by atoms with E-state index >= 15 is 0 Å². The van der Waals surface area contributed by atoms with Crippen LogP contribution in [0, 0.1) is 0 Å². The Morgan fingerprint density at radius 1 is 1.04 bits per heavy atom. The summed E-state index contributed by atoms with van der Waals surface area (Å²) in [5, 5.41) is 25.3. The predicted octanol–water partition coefficient (Wildman–Crippen LogP) is -0.730. The van der Waals surface area contributed by atoms with E-state index in [1.165, 1.54) is 0 Å². The molecule has 0 saturated heterocycles. The van der Waals surface area contributed by atoms with Gasteiger partial charge in [0.05, 0.1) is 26.4 Å². The molecule has 4 N–H and O–H groups in total. The molecule has 152 valence electrons. The molecule has 0 rings (SSSR count). The van der Waals surface area contributed by atoms with Crippen molar-refractivity contribution in [3.63, 3.8) is 0 Å². The normalized spacial score (nSPS) is 11.1. The van der Waals surface area contributed by atoms with E-state index in [0.717, 1.165) is 0 Å². The van der Waals surface area contributed by atoms with Crippen molar-refractivity contribution in [3.05, 3.63) is 10.4 Å². The van der Waals surface area contributed by atoms with Crippen LogP contribution in [0.25, 0.3) is 10.4 Å². The number of carboxylic acid groups (broad SMARTS) is 2. The zero-order valence-electron chi connectivity index (χ0n) is 14.6. The van der Waals surface area contributed by atoms with Gasteiger partial charge in [0.1, 0.15) is 12.5 Å². The molecule has 0 aliphatic rings. The van der Waals surface area contributed by atoms with Gasteiger partial charge in [0.15, 0.2) is 0 Å². The van der Waals surface area contributed by atoms with E-state index in [1.54, 1.807) is 0 Å². The molecule has 0 spiro atoms. The van der Waals surface area contributed by atoms with Crippen LogP contribution in [0.4, 0.5) is 0 Å². The van der Waals surface area contributed by atoms with Crippen molar-refractivity contribution in [3.8, 4) is 0 Å². The molecule has 0 aromatic rings. The Morgan fingerprint density at radius 2 is 1.70 bits per heavy atom. The number of hydrogen-bond donors (Lipinski definition) is 4. The average molecular weight is 389 g/mol. The number of nitrogens with one attached hydrogen (secondary N) is 2. The van der Waals surface area contributed by atoms with Crippen molar-refractivity contribution in [1.82, 2.24) is 10.6 Å². The number of carbonyl (C=O) groups is 4. The Balaban J connectivity index is 3.81. The van der Waals surface area contributed by atoms with Crippen molar-refractivity contribution in [2.24, 2.45) is 5.11 Å². The van der Waals surface area contributed by atoms with Gasteiger partial charge < -0.3 is 30.3 Å². The second kappa shape index (κ2) is 15.4. The first-order valence-corrected chi connectivity index (χ1v) is 8.03. The lowest BCUT2D eigenvalue weighted by Gasteiger charge is -2.13. The maximum Gasteiger partial charge on any atom is 0.326 e. The van der Waals surface area contributed by atoms with Gasteiger partial charge in [-0.15, -0.1) is 0 Å². The summed E-state index contributed by atoms with van der Waals surface area (Å²) in [6.45, 7) is 1.57. The van der Waals surface area contributed by atoms with Gasteiger partial charge in [0, 0.05) is 24.4 Å². The third-order valence-electron chi connectivity index (χ3n) is 2.94. The van der Waals surface area contributed by atoms with Gasteiger partial charge in [0.2, 0.25) is 11.8 Å². The van der Waals surface area contributed by atoms with Gasteiger partial charge in [-0.3, -0.25) is 14.4 Å². The van der Waals surface area contributed by atoms with Gasteiger partial charge >= 0.3 is 11.9 Å². The molecule has 13 nitrogen and oxygen atoms in total. The smallest absolute Gasteiger partial charge is 0.326 e. The third-order valence-corrected chi connectivity index (χ3v) is 2.94. The number of ether oxygens (including phenoxy) is 2. The lowest BCUT2D eigenvalue weighted by Crippen LogP contribution is -2.42. The summed E-state index contributed by atoms with van der Waals surface area (Å²) in [6, 6.07) is -1.35. The van der Waals surface area contributed by atoms with Crippen molar-refractivity contribution in [1.29, 1.82) is 0 Å². The quantitative estimate of drug-likeness (QED) is 0.0869. The highest BCUT2D eigenvalue weighted by atomic mass is 16.5. The molecule has 2 amide bonds. The SMILES string of the molecule is [N-]=[N+]=NCCOCCOCCNC(=O)CCC(NC(=O)CC(=O)O)C(=O)O. The van der Waals surface area contributed by atoms with E-state index in [1.807, 2.05) is 5.32 Å². The maximum absolute atomic E-state index is 11.6. The Bertz CT molecular complexity index is 550. The molecule has 0 saturated carbocycles. The minimum absolute atomic E-state index is 0.160. The zero-order chi connectivity index (χ0) is 20.5. The largest absolute Gasteiger partial charge is 0.481 e. The van der Waals surface area contributed by atoms with Crippen molar-refractivity contribution >= 4 is 23.8 Å². The van der Waals surface area contributed by atoms with E-state index in [9.17, 15) is 19.2 Å². The molecule has 0 aromatic heterocycles. The molecule has 0 fully saturated rings. The fourth-order valence-electron chi connectivity index (χ4n) is 1.74. The molecule has 0 aliphatic heterocycles. The van der Waals surface area contributed by atoms with Crippen LogP contribution in [0.5, 0.6) is 0 Å². The van der Waals surface area contributed by atoms with E-state index in [-0.39, 0.29) is 39.1 Å². The third kappa shape index (κ3) is 15.1. The van der Waals surface area contributed by atoms with Crippen LogP contribution in [0.3, 0.4) is 0 Å². The van der Waals surface area contributed by atoms with Crippen LogP contribution in [0.15, 0.2) is 5.11 Å². The molecule has 13 heteroatoms. The number of nitrogens with zero attached hydrogens (tertiary/aromatic N) is 3. The van der Waals surface area contributed by atoms with Crippen LogP contribution in [0.1, 0.15) is 19.3 Å². The molecule has 1 unspecified atom stereocenters. The van der Waals surface area contributed by atoms with Crippen LogP contribution >= 0.6 is 0 Å². The van der Waals surface area contributed by atoms with Crippen molar-refractivity contribution < 1.29 is 38.9 Å². The van der Waals surface area contributed by atoms with Gasteiger partial charge in [0.25, 0.3) is 0 Å². The highest BCUT2D eigenvalue weighted by Gasteiger charge is 2.21. The molecule has 0 heterocycles. The summed E-state index contributed by atoms with van der Waals surface area (Å²) in [5.74, 6) is -4.10. The molecule has 1 atom stereocenters. The second-order valence-electron chi connectivity index (χ2n) is 5.10. The van der Waals surface area contributed by atoms with Crippen molar-refractivity contribution in [2.75, 3.05) is 39.5 Å². The summed E-state index contributed by atoms with van der Waals surface area (Å²) >= 11 is 0. The van der Waals surface area contributed by atoms with E-state index in [2.05, 4.69) is 15.3 Å². The van der Waals surface area contributed by atoms with E-state index in [0.29, 0.717) is 13.2 Å². The summed E-state index contributed by atoms with van der Waals surface area (Å²) in [6.07, 6.45) is -1.18. The highest BCUT2D eigenvalue weighted by Crippen LogP contribution is 1.99. The lowest BCUT2D eigenvalue weighted by atomic mass is 10.1. The number of azide groups is 1. The zero-order valence-corrected chi connectivity index (χ0v) is 14.6. The summed E-state index contributed by atoms with van der Waals surface area (Å²) < 4.78 is 10.3. The summed E-state index contributed by atoms with van der Waals surface area (Å²) in [7, 11) is 0. The molecule has 27 heavy (non-hydrogen) atoms. The van der Waals surface area contributed by atoms with Gasteiger partial charge in [-0.25, -0.2) is 4.79 Å². The van der Waals surface area contributed by atoms with Crippen LogP contribution < -0.4 is 10.6 Å². The van der Waals surface area contributed by atoms with Crippen LogP contribution in [-0.4, -0.2) is 79.5 Å². The molecular formula is C14H23N5O8. The fraction of sp³-hybridized carbons (Fsp3) is 0.714. The minimum Gasteiger partial charge on any atom is -0.481 e. The first-order valence-electron chi connectivity index (χ1n) is 8.03. The Labute approximate surface area is 154 Å². The molecule has 0 aromatic carbocycles. The fourth-order valence-corrected chi connectivity index (χ4v) is 1.74. The average Bonchev–Trinajstić information content (AvgIpc) is 2.59. The van der Waals surface area contributed by atoms with E-state index < -0.39 is 36.2 Å². The number of amides is 2. The first kappa shape index (κ1) is 24.1. The standard InChI is InChI=1S/C14H23N5O8/c15-19-17-4-6-27-8-7-26-5-3-16-11(20)2-1-10(14(24)25)18-12(21)9-13(22)23/h10H,1-9H2,(H,16,20)(H,18,21)(H,22,23)(H,24,25). The number of hydrogen-bond acceptors (Lipinski definition) is 7. The summed E-state index contributed by atoms with van der Waals surface area (Å²) in [4.78, 5) is 46.9. The number of rotatable bonds is 16. The lowest BCUT2D eigenvalue weighted by molar-refractivity contribution is -0.145. The van der Waals surface area contributed by atoms with Gasteiger partial charge in [-0.05, 0) is 12.0 Å². The summed E-state index contributed by atoms with van der Waals surface area (Å²) in [5.41, 5.74) is 8.05. The second-order valence-corrected chi connectivity index (χ2v) is 5.10. The maximum atomic E-state index is 11.6. The topological polar surface area (TPSA) is 200 Å². The first-order chi connectivity index (χ1) is 12.9. The molecule has 0 bridgehead atoms. The Kier molecular flexibility index (Phi) is 13.7. The number of aliphatic carboxylic acids is 2. The van der Waals surface area contributed by atoms with Gasteiger partial charge in [-0.1, -0.05) is 5.11 Å². The predicted molar refractivity (Wildman–Crippen MR) is 89.7 cm³/mol. The number of carbonyl (C=O) groups excluding carboxylic acids is 2. The monoisotopic (exact) mass is 389 g/mol. The number of carboxylic acids is 2. The van der Waals surface area contributed by atoms with E-state index in [4.69, 9.17) is 25.2 Å². The Morgan fingerprint density at radius 3 is 2.30 bits per heavy atom. The minimum atomic E-state index is -1.38. The molecule has 0 radical (unpaired) electrons. The molecular weight excluding hydrogens is 366 g/mol. The van der Waals surface area contributed by atoms with Crippen LogP contribution in [0.2, 0.25) is 0 Å². The van der Waals surface area contributed by atoms with Crippen LogP contribution in [-0.2, 0) is 28.7 Å². The Hall–Kier alpha value is -2.89. The highest BCUT2D eigenvalue weighted by molar-refractivity contribution is 5.95.